The number of aromatic nitrogens is 1. The molecule has 0 aliphatic carbocycles. The summed E-state index contributed by atoms with van der Waals surface area (Å²) in [5, 5.41) is 7.70. The van der Waals surface area contributed by atoms with E-state index in [1.807, 2.05) is 0 Å². The molecular weight excluding hydrogens is 353 g/mol. The van der Waals surface area contributed by atoms with E-state index >= 15 is 0 Å². The third-order valence-electron chi connectivity index (χ3n) is 3.64. The van der Waals surface area contributed by atoms with E-state index in [0.29, 0.717) is 27.5 Å². The van der Waals surface area contributed by atoms with E-state index in [1.54, 1.807) is 41.8 Å². The average Bonchev–Trinajstić information content (AvgIpc) is 3.10. The van der Waals surface area contributed by atoms with Gasteiger partial charge in [-0.25, -0.2) is 9.37 Å². The van der Waals surface area contributed by atoms with Gasteiger partial charge in [0, 0.05) is 18.0 Å². The molecule has 0 saturated heterocycles. The van der Waals surface area contributed by atoms with Crippen molar-refractivity contribution >= 4 is 28.8 Å². The van der Waals surface area contributed by atoms with Crippen molar-refractivity contribution in [2.24, 2.45) is 0 Å². The van der Waals surface area contributed by atoms with Gasteiger partial charge in [-0.15, -0.1) is 11.3 Å². The Morgan fingerprint density at radius 3 is 2.73 bits per heavy atom. The summed E-state index contributed by atoms with van der Waals surface area (Å²) in [6.07, 6.45) is 0.0634. The molecular formula is C19H16FN3O2S. The predicted molar refractivity (Wildman–Crippen MR) is 99.7 cm³/mol. The van der Waals surface area contributed by atoms with E-state index in [-0.39, 0.29) is 24.1 Å². The zero-order valence-corrected chi connectivity index (χ0v) is 14.8. The monoisotopic (exact) mass is 369 g/mol. The van der Waals surface area contributed by atoms with E-state index in [1.165, 1.54) is 30.5 Å². The molecule has 0 atom stereocenters. The molecule has 2 N–H and O–H groups in total. The van der Waals surface area contributed by atoms with Gasteiger partial charge in [-0.05, 0) is 24.3 Å². The smallest absolute Gasteiger partial charge is 0.253 e. The molecule has 2 aromatic carbocycles. The topological polar surface area (TPSA) is 71.1 Å². The molecule has 1 heterocycles. The molecule has 1 aromatic heterocycles. The Hall–Kier alpha value is -3.06. The van der Waals surface area contributed by atoms with E-state index in [2.05, 4.69) is 15.6 Å². The number of hydrogen-bond acceptors (Lipinski definition) is 4. The summed E-state index contributed by atoms with van der Waals surface area (Å²) in [7, 11) is 1.53. The number of amides is 2. The highest BCUT2D eigenvalue weighted by Crippen LogP contribution is 2.24. The number of nitrogens with one attached hydrogen (secondary N) is 2. The number of para-hydroxylation sites is 1. The van der Waals surface area contributed by atoms with Crippen molar-refractivity contribution in [1.82, 2.24) is 10.3 Å². The lowest BCUT2D eigenvalue weighted by Gasteiger charge is -2.09. The van der Waals surface area contributed by atoms with Crippen LogP contribution in [-0.2, 0) is 11.2 Å². The molecule has 7 heteroatoms. The first-order valence-corrected chi connectivity index (χ1v) is 8.76. The number of thiazole rings is 1. The van der Waals surface area contributed by atoms with E-state index in [9.17, 15) is 14.0 Å². The molecule has 0 radical (unpaired) electrons. The van der Waals surface area contributed by atoms with Crippen LogP contribution in [-0.4, -0.2) is 23.8 Å². The van der Waals surface area contributed by atoms with Gasteiger partial charge < -0.3 is 10.6 Å². The summed E-state index contributed by atoms with van der Waals surface area (Å²) < 4.78 is 13.3. The van der Waals surface area contributed by atoms with Crippen LogP contribution in [0.15, 0.2) is 53.9 Å². The number of halogens is 1. The minimum Gasteiger partial charge on any atom is -0.355 e. The molecule has 26 heavy (non-hydrogen) atoms. The largest absolute Gasteiger partial charge is 0.355 e. The number of benzene rings is 2. The molecule has 0 saturated carbocycles. The summed E-state index contributed by atoms with van der Waals surface area (Å²) >= 11 is 1.35. The normalized spacial score (nSPS) is 10.4. The predicted octanol–water partition coefficient (Wildman–Crippen LogP) is 3.49. The second kappa shape index (κ2) is 7.88. The van der Waals surface area contributed by atoms with Crippen LogP contribution < -0.4 is 10.6 Å². The highest BCUT2D eigenvalue weighted by Gasteiger charge is 2.14. The van der Waals surface area contributed by atoms with Crippen molar-refractivity contribution in [3.63, 3.8) is 0 Å². The van der Waals surface area contributed by atoms with Gasteiger partial charge in [-0.3, -0.25) is 9.59 Å². The van der Waals surface area contributed by atoms with Gasteiger partial charge in [-0.2, -0.15) is 0 Å². The lowest BCUT2D eigenvalue weighted by Crippen LogP contribution is -2.22. The fourth-order valence-electron chi connectivity index (χ4n) is 2.43. The summed E-state index contributed by atoms with van der Waals surface area (Å²) in [5.74, 6) is -0.886. The summed E-state index contributed by atoms with van der Waals surface area (Å²) in [5.41, 5.74) is 2.09. The Bertz CT molecular complexity index is 955. The number of carbonyl (C=O) groups is 2. The zero-order valence-electron chi connectivity index (χ0n) is 14.0. The highest BCUT2D eigenvalue weighted by atomic mass is 32.1. The van der Waals surface area contributed by atoms with Gasteiger partial charge in [-0.1, -0.05) is 24.3 Å². The fourth-order valence-corrected chi connectivity index (χ4v) is 3.24. The number of hydrogen-bond donors (Lipinski definition) is 2. The maximum Gasteiger partial charge on any atom is 0.253 e. The van der Waals surface area contributed by atoms with Crippen LogP contribution in [0.25, 0.3) is 10.6 Å². The van der Waals surface area contributed by atoms with Crippen molar-refractivity contribution in [3.05, 3.63) is 71.0 Å². The van der Waals surface area contributed by atoms with Crippen molar-refractivity contribution in [2.45, 2.75) is 6.42 Å². The summed E-state index contributed by atoms with van der Waals surface area (Å²) in [6, 6.07) is 12.9. The van der Waals surface area contributed by atoms with Gasteiger partial charge in [0.1, 0.15) is 10.8 Å². The molecule has 0 spiro atoms. The highest BCUT2D eigenvalue weighted by molar-refractivity contribution is 7.13. The third-order valence-corrected chi connectivity index (χ3v) is 4.58. The van der Waals surface area contributed by atoms with Crippen molar-refractivity contribution in [2.75, 3.05) is 12.4 Å². The second-order valence-corrected chi connectivity index (χ2v) is 6.36. The van der Waals surface area contributed by atoms with E-state index in [4.69, 9.17) is 0 Å². The van der Waals surface area contributed by atoms with Crippen LogP contribution in [0.5, 0.6) is 0 Å². The maximum atomic E-state index is 13.3. The van der Waals surface area contributed by atoms with Gasteiger partial charge in [0.05, 0.1) is 23.4 Å². The molecule has 0 unspecified atom stereocenters. The minimum absolute atomic E-state index is 0.0634. The summed E-state index contributed by atoms with van der Waals surface area (Å²) in [6.45, 7) is 0. The zero-order chi connectivity index (χ0) is 18.5. The first-order chi connectivity index (χ1) is 12.6. The lowest BCUT2D eigenvalue weighted by atomic mass is 10.1. The molecule has 3 rings (SSSR count). The molecule has 0 aliphatic rings. The molecule has 0 fully saturated rings. The van der Waals surface area contributed by atoms with Crippen LogP contribution in [0.4, 0.5) is 10.1 Å². The third kappa shape index (κ3) is 4.12. The van der Waals surface area contributed by atoms with Crippen LogP contribution in [0.2, 0.25) is 0 Å². The van der Waals surface area contributed by atoms with Crippen molar-refractivity contribution in [1.29, 1.82) is 0 Å². The molecule has 0 aliphatic heterocycles. The Balaban J connectivity index is 1.71. The number of anilines is 1. The Labute approximate surface area is 153 Å². The second-order valence-electron chi connectivity index (χ2n) is 5.50. The Morgan fingerprint density at radius 2 is 1.96 bits per heavy atom. The Kier molecular flexibility index (Phi) is 5.38. The Morgan fingerprint density at radius 1 is 1.15 bits per heavy atom. The molecule has 5 nitrogen and oxygen atoms in total. The SMILES string of the molecule is CNC(=O)c1ccccc1NC(=O)Cc1csc(-c2cccc(F)c2)n1. The van der Waals surface area contributed by atoms with Crippen molar-refractivity contribution < 1.29 is 14.0 Å². The molecule has 0 bridgehead atoms. The molecule has 132 valence electrons. The quantitative estimate of drug-likeness (QED) is 0.723. The van der Waals surface area contributed by atoms with Crippen LogP contribution >= 0.6 is 11.3 Å². The fraction of sp³-hybridized carbons (Fsp3) is 0.105. The van der Waals surface area contributed by atoms with Crippen LogP contribution in [0, 0.1) is 5.82 Å². The summed E-state index contributed by atoms with van der Waals surface area (Å²) in [4.78, 5) is 28.6. The van der Waals surface area contributed by atoms with Crippen LogP contribution in [0.3, 0.4) is 0 Å². The molecule has 2 amide bonds. The van der Waals surface area contributed by atoms with Gasteiger partial charge in [0.25, 0.3) is 5.91 Å². The van der Waals surface area contributed by atoms with Crippen LogP contribution in [0.1, 0.15) is 16.1 Å². The molecule has 3 aromatic rings. The van der Waals surface area contributed by atoms with Gasteiger partial charge in [0.15, 0.2) is 0 Å². The average molecular weight is 369 g/mol. The first kappa shape index (κ1) is 17.8. The lowest BCUT2D eigenvalue weighted by molar-refractivity contribution is -0.115. The number of nitrogens with zero attached hydrogens (tertiary/aromatic N) is 1. The van der Waals surface area contributed by atoms with E-state index in [0.717, 1.165) is 0 Å². The number of carbonyl (C=O) groups excluding carboxylic acids is 2. The van der Waals surface area contributed by atoms with Gasteiger partial charge in [0.2, 0.25) is 5.91 Å². The van der Waals surface area contributed by atoms with E-state index < -0.39 is 0 Å². The minimum atomic E-state index is -0.331. The first-order valence-electron chi connectivity index (χ1n) is 7.88. The number of rotatable bonds is 5. The maximum absolute atomic E-state index is 13.3. The van der Waals surface area contributed by atoms with Gasteiger partial charge >= 0.3 is 0 Å². The van der Waals surface area contributed by atoms with Crippen molar-refractivity contribution in [3.8, 4) is 10.6 Å². The standard InChI is InChI=1S/C19H16FN3O2S/c1-21-18(25)15-7-2-3-8-16(15)23-17(24)10-14-11-26-19(22-14)12-5-4-6-13(20)9-12/h2-9,11H,10H2,1H3,(H,21,25)(H,23,24).